The fourth-order valence-corrected chi connectivity index (χ4v) is 3.84. The van der Waals surface area contributed by atoms with Crippen molar-refractivity contribution in [2.75, 3.05) is 0 Å². The summed E-state index contributed by atoms with van der Waals surface area (Å²) in [6.45, 7) is 0. The number of nitrogens with zero attached hydrogens (tertiary/aromatic N) is 2. The van der Waals surface area contributed by atoms with E-state index in [1.54, 1.807) is 24.5 Å². The number of nitrogens with one attached hydrogen (secondary N) is 2. The molecular formula is C21H19BrN4O. The van der Waals surface area contributed by atoms with Crippen molar-refractivity contribution < 1.29 is 5.11 Å². The molecule has 0 amide bonds. The number of phenolic OH excluding ortho intramolecular Hbond substituents is 1. The quantitative estimate of drug-likeness (QED) is 0.531. The molecule has 0 saturated heterocycles. The van der Waals surface area contributed by atoms with Crippen LogP contribution in [-0.4, -0.2) is 26.7 Å². The van der Waals surface area contributed by atoms with Crippen LogP contribution in [0.5, 0.6) is 5.75 Å². The maximum Gasteiger partial charge on any atom is 0.124 e. The summed E-state index contributed by atoms with van der Waals surface area (Å²) in [6.07, 6.45) is 13.6. The average Bonchev–Trinajstić information content (AvgIpc) is 3.31. The molecule has 27 heavy (non-hydrogen) atoms. The molecule has 1 aromatic heterocycles. The molecule has 6 heteroatoms. The van der Waals surface area contributed by atoms with E-state index in [9.17, 15) is 5.11 Å². The van der Waals surface area contributed by atoms with Gasteiger partial charge in [-0.05, 0) is 29.7 Å². The number of phenols is 1. The lowest BCUT2D eigenvalue weighted by molar-refractivity contribution is 0.471. The number of aromatic amines is 1. The zero-order valence-electron chi connectivity index (χ0n) is 14.5. The molecule has 1 unspecified atom stereocenters. The number of aromatic hydroxyl groups is 1. The molecule has 0 spiro atoms. The first-order chi connectivity index (χ1) is 13.2. The molecule has 1 aliphatic rings. The van der Waals surface area contributed by atoms with Crippen LogP contribution in [0.2, 0.25) is 0 Å². The molecule has 1 heterocycles. The monoisotopic (exact) mass is 422 g/mol. The standard InChI is InChI=1S/C19H16BrNO.C2H3N3/c20-17-11-14(13-21)18(22)12-16(17)19(9-5-2-6-10-19)15-7-3-1-4-8-15;1-2-4-5-3-1/h1-9,11-13,21-22H,10H2;1-2H,(H,3,4,5). The molecule has 3 N–H and O–H groups in total. The minimum absolute atomic E-state index is 0.131. The van der Waals surface area contributed by atoms with E-state index in [4.69, 9.17) is 5.41 Å². The highest BCUT2D eigenvalue weighted by Gasteiger charge is 2.33. The van der Waals surface area contributed by atoms with E-state index in [1.165, 1.54) is 5.56 Å². The summed E-state index contributed by atoms with van der Waals surface area (Å²) >= 11 is 3.62. The van der Waals surface area contributed by atoms with Crippen LogP contribution in [0.1, 0.15) is 23.1 Å². The van der Waals surface area contributed by atoms with E-state index < -0.39 is 0 Å². The first-order valence-electron chi connectivity index (χ1n) is 8.40. The van der Waals surface area contributed by atoms with Crippen LogP contribution in [0.25, 0.3) is 0 Å². The van der Waals surface area contributed by atoms with Crippen molar-refractivity contribution in [3.63, 3.8) is 0 Å². The van der Waals surface area contributed by atoms with E-state index in [2.05, 4.69) is 55.6 Å². The summed E-state index contributed by atoms with van der Waals surface area (Å²) in [6, 6.07) is 13.8. The Labute approximate surface area is 166 Å². The Morgan fingerprint density at radius 1 is 1.11 bits per heavy atom. The third-order valence-electron chi connectivity index (χ3n) is 4.44. The molecule has 0 aliphatic heterocycles. The molecule has 0 radical (unpaired) electrons. The van der Waals surface area contributed by atoms with E-state index in [-0.39, 0.29) is 11.2 Å². The van der Waals surface area contributed by atoms with Crippen LogP contribution in [0.3, 0.4) is 0 Å². The SMILES string of the molecule is N=Cc1cc(Br)c(C2(c3ccccc3)C=CC=CC2)cc1O.c1cn[nH]n1. The van der Waals surface area contributed by atoms with Gasteiger partial charge >= 0.3 is 0 Å². The van der Waals surface area contributed by atoms with Crippen molar-refractivity contribution in [3.8, 4) is 5.75 Å². The highest BCUT2D eigenvalue weighted by molar-refractivity contribution is 9.10. The number of H-pyrrole nitrogens is 1. The largest absolute Gasteiger partial charge is 0.507 e. The lowest BCUT2D eigenvalue weighted by atomic mass is 9.70. The number of aromatic nitrogens is 3. The molecule has 0 fully saturated rings. The maximum absolute atomic E-state index is 10.2. The van der Waals surface area contributed by atoms with Gasteiger partial charge in [0.15, 0.2) is 0 Å². The van der Waals surface area contributed by atoms with Gasteiger partial charge in [0.25, 0.3) is 0 Å². The number of benzene rings is 2. The van der Waals surface area contributed by atoms with Crippen LogP contribution in [0.4, 0.5) is 0 Å². The molecule has 1 atom stereocenters. The van der Waals surface area contributed by atoms with Crippen molar-refractivity contribution in [2.45, 2.75) is 11.8 Å². The van der Waals surface area contributed by atoms with Crippen molar-refractivity contribution in [1.29, 1.82) is 5.41 Å². The van der Waals surface area contributed by atoms with E-state index in [1.807, 2.05) is 30.4 Å². The van der Waals surface area contributed by atoms with Gasteiger partial charge in [-0.25, -0.2) is 0 Å². The molecule has 5 nitrogen and oxygen atoms in total. The normalized spacial score (nSPS) is 17.8. The first kappa shape index (κ1) is 18.8. The fourth-order valence-electron chi connectivity index (χ4n) is 3.13. The van der Waals surface area contributed by atoms with Crippen LogP contribution >= 0.6 is 15.9 Å². The van der Waals surface area contributed by atoms with Crippen LogP contribution in [-0.2, 0) is 5.41 Å². The van der Waals surface area contributed by atoms with Gasteiger partial charge in [0.1, 0.15) is 5.75 Å². The van der Waals surface area contributed by atoms with E-state index >= 15 is 0 Å². The Balaban J connectivity index is 0.000000364. The summed E-state index contributed by atoms with van der Waals surface area (Å²) in [5.41, 5.74) is 2.38. The minimum Gasteiger partial charge on any atom is -0.507 e. The summed E-state index contributed by atoms with van der Waals surface area (Å²) in [4.78, 5) is 0. The van der Waals surface area contributed by atoms with Crippen molar-refractivity contribution in [1.82, 2.24) is 15.4 Å². The van der Waals surface area contributed by atoms with E-state index in [0.717, 1.165) is 22.7 Å². The smallest absolute Gasteiger partial charge is 0.124 e. The Bertz CT molecular complexity index is 935. The molecule has 0 saturated carbocycles. The summed E-state index contributed by atoms with van der Waals surface area (Å²) < 4.78 is 0.896. The Morgan fingerprint density at radius 3 is 2.41 bits per heavy atom. The van der Waals surface area contributed by atoms with Gasteiger partial charge in [-0.1, -0.05) is 70.6 Å². The zero-order valence-corrected chi connectivity index (χ0v) is 16.1. The molecule has 3 aromatic rings. The van der Waals surface area contributed by atoms with Crippen LogP contribution in [0, 0.1) is 5.41 Å². The number of halogens is 1. The molecule has 136 valence electrons. The number of allylic oxidation sites excluding steroid dienone is 4. The van der Waals surface area contributed by atoms with Crippen LogP contribution < -0.4 is 0 Å². The Hall–Kier alpha value is -2.99. The molecule has 0 bridgehead atoms. The highest BCUT2D eigenvalue weighted by Crippen LogP contribution is 2.44. The average molecular weight is 423 g/mol. The van der Waals surface area contributed by atoms with E-state index in [0.29, 0.717) is 5.56 Å². The maximum atomic E-state index is 10.2. The third-order valence-corrected chi connectivity index (χ3v) is 5.10. The first-order valence-corrected chi connectivity index (χ1v) is 9.20. The second kappa shape index (κ2) is 8.60. The topological polar surface area (TPSA) is 85.6 Å². The second-order valence-corrected chi connectivity index (χ2v) is 6.87. The van der Waals surface area contributed by atoms with Gasteiger partial charge in [-0.2, -0.15) is 15.4 Å². The third kappa shape index (κ3) is 4.06. The summed E-state index contributed by atoms with van der Waals surface area (Å²) in [5.74, 6) is 0.131. The summed E-state index contributed by atoms with van der Waals surface area (Å²) in [5, 5.41) is 26.9. The van der Waals surface area contributed by atoms with Gasteiger partial charge in [0.05, 0.1) is 12.4 Å². The number of rotatable bonds is 3. The van der Waals surface area contributed by atoms with Crippen LogP contribution in [0.15, 0.2) is 83.6 Å². The fraction of sp³-hybridized carbons (Fsp3) is 0.0952. The van der Waals surface area contributed by atoms with Gasteiger partial charge < -0.3 is 10.5 Å². The predicted octanol–water partition coefficient (Wildman–Crippen LogP) is 4.76. The van der Waals surface area contributed by atoms with Gasteiger partial charge in [-0.15, -0.1) is 0 Å². The number of hydrogen-bond donors (Lipinski definition) is 3. The molecular weight excluding hydrogens is 404 g/mol. The van der Waals surface area contributed by atoms with Crippen molar-refractivity contribution in [3.05, 3.63) is 100 Å². The van der Waals surface area contributed by atoms with Gasteiger partial charge in [-0.3, -0.25) is 0 Å². The molecule has 1 aliphatic carbocycles. The lowest BCUT2D eigenvalue weighted by Crippen LogP contribution is -2.26. The zero-order chi connectivity index (χ0) is 19.1. The minimum atomic E-state index is -0.313. The lowest BCUT2D eigenvalue weighted by Gasteiger charge is -2.34. The van der Waals surface area contributed by atoms with Crippen molar-refractivity contribution >= 4 is 22.1 Å². The predicted molar refractivity (Wildman–Crippen MR) is 110 cm³/mol. The number of hydrogen-bond acceptors (Lipinski definition) is 4. The van der Waals surface area contributed by atoms with Gasteiger partial charge in [0.2, 0.25) is 0 Å². The highest BCUT2D eigenvalue weighted by atomic mass is 79.9. The molecule has 4 rings (SSSR count). The second-order valence-electron chi connectivity index (χ2n) is 6.02. The van der Waals surface area contributed by atoms with Crippen molar-refractivity contribution in [2.24, 2.45) is 0 Å². The Morgan fingerprint density at radius 2 is 1.85 bits per heavy atom. The van der Waals surface area contributed by atoms with Gasteiger partial charge in [0, 0.05) is 21.7 Å². The molecule has 2 aromatic carbocycles. The Kier molecular flexibility index (Phi) is 5.98. The summed E-state index contributed by atoms with van der Waals surface area (Å²) in [7, 11) is 0.